The topological polar surface area (TPSA) is 77.6 Å². The highest BCUT2D eigenvalue weighted by Crippen LogP contribution is 2.47. The molecule has 2 aromatic rings. The van der Waals surface area contributed by atoms with Crippen molar-refractivity contribution >= 4 is 57.4 Å². The van der Waals surface area contributed by atoms with Crippen molar-refractivity contribution in [1.29, 1.82) is 0 Å². The highest BCUT2D eigenvalue weighted by molar-refractivity contribution is 7.19. The second kappa shape index (κ2) is 7.42. The third kappa shape index (κ3) is 3.40. The van der Waals surface area contributed by atoms with Crippen molar-refractivity contribution in [3.05, 3.63) is 39.3 Å². The minimum atomic E-state index is -0.330. The molecule has 1 spiro atoms. The highest BCUT2D eigenvalue weighted by Gasteiger charge is 2.50. The average Bonchev–Trinajstić information content (AvgIpc) is 3.35. The van der Waals surface area contributed by atoms with Crippen molar-refractivity contribution < 1.29 is 9.59 Å². The largest absolute Gasteiger partial charge is 0.338 e. The van der Waals surface area contributed by atoms with Crippen LogP contribution in [0.3, 0.4) is 0 Å². The smallest absolute Gasteiger partial charge is 0.328 e. The number of thiazole rings is 1. The van der Waals surface area contributed by atoms with Crippen LogP contribution in [0.1, 0.15) is 18.9 Å². The Bertz CT molecular complexity index is 936. The molecule has 4 rings (SSSR count). The van der Waals surface area contributed by atoms with Crippen molar-refractivity contribution in [3.8, 4) is 0 Å². The van der Waals surface area contributed by atoms with Crippen LogP contribution in [0.4, 0.5) is 20.4 Å². The summed E-state index contributed by atoms with van der Waals surface area (Å²) in [6.45, 7) is 4.12. The molecule has 10 heteroatoms. The van der Waals surface area contributed by atoms with Gasteiger partial charge in [0.25, 0.3) is 0 Å². The molecule has 0 bridgehead atoms. The maximum Gasteiger partial charge on any atom is 0.328 e. The van der Waals surface area contributed by atoms with Gasteiger partial charge in [-0.2, -0.15) is 0 Å². The number of likely N-dealkylation sites (tertiary alicyclic amines) is 1. The number of nitrogens with one attached hydrogen (secondary N) is 2. The second-order valence-electron chi connectivity index (χ2n) is 6.93. The number of carbonyl (C=O) groups is 2. The maximum atomic E-state index is 12.9. The fourth-order valence-electron chi connectivity index (χ4n) is 3.95. The molecule has 2 N–H and O–H groups in total. The van der Waals surface area contributed by atoms with Crippen molar-refractivity contribution in [1.82, 2.24) is 15.2 Å². The van der Waals surface area contributed by atoms with E-state index in [1.54, 1.807) is 15.9 Å². The number of amides is 4. The lowest BCUT2D eigenvalue weighted by molar-refractivity contribution is 0.206. The number of aromatic nitrogens is 1. The van der Waals surface area contributed by atoms with Gasteiger partial charge < -0.3 is 10.2 Å². The molecule has 1 saturated heterocycles. The number of rotatable bonds is 2. The quantitative estimate of drug-likeness (QED) is 0.736. The third-order valence-electron chi connectivity index (χ3n) is 5.19. The Labute approximate surface area is 176 Å². The van der Waals surface area contributed by atoms with Crippen LogP contribution in [0, 0.1) is 0 Å². The van der Waals surface area contributed by atoms with E-state index in [4.69, 9.17) is 23.2 Å². The van der Waals surface area contributed by atoms with E-state index in [2.05, 4.69) is 15.6 Å². The van der Waals surface area contributed by atoms with Gasteiger partial charge in [0.2, 0.25) is 0 Å². The van der Waals surface area contributed by atoms with Gasteiger partial charge in [-0.15, -0.1) is 0 Å². The number of benzene rings is 1. The number of hydrogen-bond donors (Lipinski definition) is 2. The molecule has 0 saturated carbocycles. The molecule has 2 aliphatic heterocycles. The van der Waals surface area contributed by atoms with Crippen molar-refractivity contribution in [2.24, 2.45) is 0 Å². The van der Waals surface area contributed by atoms with E-state index in [0.717, 1.165) is 17.7 Å². The third-order valence-corrected chi connectivity index (χ3v) is 6.45. The van der Waals surface area contributed by atoms with E-state index in [-0.39, 0.29) is 17.5 Å². The van der Waals surface area contributed by atoms with Crippen LogP contribution in [-0.4, -0.2) is 48.1 Å². The van der Waals surface area contributed by atoms with Crippen LogP contribution in [-0.2, 0) is 5.41 Å². The van der Waals surface area contributed by atoms with Crippen LogP contribution in [0.25, 0.3) is 0 Å². The number of halogens is 2. The predicted molar refractivity (Wildman–Crippen MR) is 112 cm³/mol. The fraction of sp³-hybridized carbons (Fsp3) is 0.389. The number of carbonyl (C=O) groups excluding carboxylic acids is 2. The first-order chi connectivity index (χ1) is 13.4. The number of anilines is 2. The lowest BCUT2D eigenvalue weighted by Gasteiger charge is -2.25. The summed E-state index contributed by atoms with van der Waals surface area (Å²) in [4.78, 5) is 32.8. The highest BCUT2D eigenvalue weighted by atomic mass is 35.5. The summed E-state index contributed by atoms with van der Waals surface area (Å²) in [7, 11) is 0. The van der Waals surface area contributed by atoms with E-state index in [0.29, 0.717) is 40.7 Å². The lowest BCUT2D eigenvalue weighted by atomic mass is 9.81. The van der Waals surface area contributed by atoms with Crippen molar-refractivity contribution in [2.45, 2.75) is 18.8 Å². The Morgan fingerprint density at radius 2 is 2.11 bits per heavy atom. The monoisotopic (exact) mass is 439 g/mol. The molecule has 1 aromatic heterocycles. The van der Waals surface area contributed by atoms with Gasteiger partial charge >= 0.3 is 12.1 Å². The Kier molecular flexibility index (Phi) is 5.11. The molecular formula is C18H19Cl2N5O2S. The Hall–Kier alpha value is -2.03. The summed E-state index contributed by atoms with van der Waals surface area (Å²) >= 11 is 13.4. The molecule has 0 aliphatic carbocycles. The first-order valence-electron chi connectivity index (χ1n) is 8.94. The predicted octanol–water partition coefficient (Wildman–Crippen LogP) is 4.18. The van der Waals surface area contributed by atoms with Crippen LogP contribution in [0.15, 0.2) is 24.4 Å². The zero-order chi connectivity index (χ0) is 19.9. The number of urea groups is 2. The Balaban J connectivity index is 1.62. The molecular weight excluding hydrogens is 421 g/mol. The van der Waals surface area contributed by atoms with E-state index < -0.39 is 0 Å². The molecule has 3 heterocycles. The zero-order valence-electron chi connectivity index (χ0n) is 15.2. The van der Waals surface area contributed by atoms with E-state index in [9.17, 15) is 9.59 Å². The first kappa shape index (κ1) is 19.3. The summed E-state index contributed by atoms with van der Waals surface area (Å²) in [6.07, 6.45) is 2.27. The van der Waals surface area contributed by atoms with Gasteiger partial charge in [-0.05, 0) is 37.1 Å². The van der Waals surface area contributed by atoms with Crippen LogP contribution < -0.4 is 15.5 Å². The van der Waals surface area contributed by atoms with Crippen LogP contribution in [0.5, 0.6) is 0 Å². The van der Waals surface area contributed by atoms with Crippen LogP contribution >= 0.6 is 34.5 Å². The normalized spacial score (nSPS) is 20.5. The van der Waals surface area contributed by atoms with Gasteiger partial charge in [0, 0.05) is 42.3 Å². The van der Waals surface area contributed by atoms with Gasteiger partial charge in [-0.3, -0.25) is 10.2 Å². The van der Waals surface area contributed by atoms with Crippen LogP contribution in [0.2, 0.25) is 9.36 Å². The summed E-state index contributed by atoms with van der Waals surface area (Å²) in [5.41, 5.74) is 1.48. The van der Waals surface area contributed by atoms with E-state index >= 15 is 0 Å². The van der Waals surface area contributed by atoms with E-state index in [1.807, 2.05) is 19.1 Å². The molecule has 1 unspecified atom stereocenters. The number of hydrogen-bond acceptors (Lipinski definition) is 4. The maximum absolute atomic E-state index is 12.9. The second-order valence-corrected chi connectivity index (χ2v) is 9.03. The SMILES string of the molecule is CCNC(=O)N1CCC2(C1)CN(C(=O)Nc1ncc(Cl)s1)c1ccc(Cl)cc12. The van der Waals surface area contributed by atoms with Gasteiger partial charge in [0.15, 0.2) is 5.13 Å². The summed E-state index contributed by atoms with van der Waals surface area (Å²) in [5, 5.41) is 6.71. The van der Waals surface area contributed by atoms with Crippen molar-refractivity contribution in [2.75, 3.05) is 36.4 Å². The summed E-state index contributed by atoms with van der Waals surface area (Å²) < 4.78 is 0.508. The molecule has 148 valence electrons. The lowest BCUT2D eigenvalue weighted by Crippen LogP contribution is -2.43. The van der Waals surface area contributed by atoms with Crippen molar-refractivity contribution in [3.63, 3.8) is 0 Å². The summed E-state index contributed by atoms with van der Waals surface area (Å²) in [5.74, 6) is 0. The molecule has 2 aliphatic rings. The molecule has 28 heavy (non-hydrogen) atoms. The average molecular weight is 440 g/mol. The number of nitrogens with zero attached hydrogens (tertiary/aromatic N) is 3. The summed E-state index contributed by atoms with van der Waals surface area (Å²) in [6, 6.07) is 5.18. The van der Waals surface area contributed by atoms with E-state index in [1.165, 1.54) is 17.5 Å². The zero-order valence-corrected chi connectivity index (χ0v) is 17.5. The first-order valence-corrected chi connectivity index (χ1v) is 10.5. The minimum Gasteiger partial charge on any atom is -0.338 e. The fourth-order valence-corrected chi connectivity index (χ4v) is 4.93. The Morgan fingerprint density at radius 1 is 1.29 bits per heavy atom. The standard InChI is InChI=1S/C18H19Cl2N5O2S/c1-2-21-16(26)24-6-5-18(9-24)10-25(13-4-3-11(19)7-12(13)18)17(27)23-15-22-8-14(20)28-15/h3-4,7-8H,2,5-6,9-10H2,1H3,(H,21,26)(H,22,23,27). The Morgan fingerprint density at radius 3 is 2.82 bits per heavy atom. The van der Waals surface area contributed by atoms with Gasteiger partial charge in [-0.25, -0.2) is 14.6 Å². The molecule has 7 nitrogen and oxygen atoms in total. The number of fused-ring (bicyclic) bond motifs is 2. The minimum absolute atomic E-state index is 0.0803. The molecule has 1 fully saturated rings. The van der Waals surface area contributed by atoms with Gasteiger partial charge in [0.1, 0.15) is 4.34 Å². The van der Waals surface area contributed by atoms with Gasteiger partial charge in [-0.1, -0.05) is 34.5 Å². The molecule has 1 atom stereocenters. The molecule has 1 aromatic carbocycles. The molecule has 4 amide bonds. The molecule has 0 radical (unpaired) electrons. The van der Waals surface area contributed by atoms with Gasteiger partial charge in [0.05, 0.1) is 6.20 Å².